The second-order valence-corrected chi connectivity index (χ2v) is 8.43. The highest BCUT2D eigenvalue weighted by atomic mass is 14.5. The van der Waals surface area contributed by atoms with Gasteiger partial charge in [-0.1, -0.05) is 73.9 Å². The van der Waals surface area contributed by atoms with Gasteiger partial charge >= 0.3 is 0 Å². The van der Waals surface area contributed by atoms with Crippen LogP contribution in [0.2, 0.25) is 0 Å². The van der Waals surface area contributed by atoms with Gasteiger partial charge in [0.25, 0.3) is 0 Å². The molecule has 0 aliphatic heterocycles. The molecule has 4 aliphatic carbocycles. The minimum atomic E-state index is 0.198. The van der Waals surface area contributed by atoms with Crippen LogP contribution in [0.25, 0.3) is 0 Å². The van der Waals surface area contributed by atoms with E-state index in [-0.39, 0.29) is 5.41 Å². The largest absolute Gasteiger partial charge is 0.0870 e. The fourth-order valence-corrected chi connectivity index (χ4v) is 6.61. The summed E-state index contributed by atoms with van der Waals surface area (Å²) in [7, 11) is 0. The summed E-state index contributed by atoms with van der Waals surface area (Å²) < 4.78 is 0. The lowest BCUT2D eigenvalue weighted by Crippen LogP contribution is -2.46. The third-order valence-corrected chi connectivity index (χ3v) is 7.61. The van der Waals surface area contributed by atoms with Crippen LogP contribution in [-0.2, 0) is 5.41 Å². The Morgan fingerprint density at radius 1 is 0.826 bits per heavy atom. The van der Waals surface area contributed by atoms with E-state index in [0.717, 1.165) is 29.6 Å². The third-order valence-electron chi connectivity index (χ3n) is 7.61. The van der Waals surface area contributed by atoms with Crippen LogP contribution in [0.15, 0.2) is 54.6 Å². The first kappa shape index (κ1) is 14.1. The first-order valence-corrected chi connectivity index (χ1v) is 9.81. The molecule has 0 amide bonds. The highest BCUT2D eigenvalue weighted by molar-refractivity contribution is 5.43. The minimum absolute atomic E-state index is 0.198. The van der Waals surface area contributed by atoms with Crippen LogP contribution in [0.5, 0.6) is 0 Å². The van der Waals surface area contributed by atoms with Crippen molar-refractivity contribution in [3.05, 3.63) is 60.2 Å². The predicted molar refractivity (Wildman–Crippen MR) is 96.2 cm³/mol. The molecule has 1 aromatic rings. The van der Waals surface area contributed by atoms with Crippen molar-refractivity contribution in [3.63, 3.8) is 0 Å². The molecule has 6 atom stereocenters. The Morgan fingerprint density at radius 3 is 2.61 bits per heavy atom. The molecule has 5 rings (SSSR count). The van der Waals surface area contributed by atoms with Gasteiger partial charge in [-0.05, 0) is 60.8 Å². The first-order chi connectivity index (χ1) is 11.4. The molecule has 1 aromatic carbocycles. The van der Waals surface area contributed by atoms with Crippen molar-refractivity contribution >= 4 is 0 Å². The van der Waals surface area contributed by atoms with E-state index in [1.165, 1.54) is 50.5 Å². The molecule has 0 heteroatoms. The molecule has 0 radical (unpaired) electrons. The van der Waals surface area contributed by atoms with Crippen molar-refractivity contribution in [3.8, 4) is 0 Å². The maximum atomic E-state index is 2.66. The van der Waals surface area contributed by atoms with Gasteiger partial charge in [-0.2, -0.15) is 0 Å². The molecule has 0 spiro atoms. The number of rotatable bonds is 1. The predicted octanol–water partition coefficient (Wildman–Crippen LogP) is 5.90. The van der Waals surface area contributed by atoms with Gasteiger partial charge in [-0.15, -0.1) is 0 Å². The van der Waals surface area contributed by atoms with Crippen molar-refractivity contribution in [1.82, 2.24) is 0 Å². The van der Waals surface area contributed by atoms with E-state index in [1.807, 2.05) is 0 Å². The van der Waals surface area contributed by atoms with Gasteiger partial charge in [0, 0.05) is 5.41 Å². The van der Waals surface area contributed by atoms with Crippen LogP contribution >= 0.6 is 0 Å². The molecule has 0 aromatic heterocycles. The number of benzene rings is 1. The summed E-state index contributed by atoms with van der Waals surface area (Å²) in [6.45, 7) is 0. The van der Waals surface area contributed by atoms with E-state index >= 15 is 0 Å². The van der Waals surface area contributed by atoms with Gasteiger partial charge in [0.1, 0.15) is 0 Å². The normalized spacial score (nSPS) is 44.4. The minimum Gasteiger partial charge on any atom is -0.0870 e. The summed E-state index contributed by atoms with van der Waals surface area (Å²) >= 11 is 0. The average molecular weight is 304 g/mol. The first-order valence-electron chi connectivity index (χ1n) is 9.81. The van der Waals surface area contributed by atoms with E-state index in [0.29, 0.717) is 0 Å². The molecule has 23 heavy (non-hydrogen) atoms. The van der Waals surface area contributed by atoms with Crippen LogP contribution in [-0.4, -0.2) is 0 Å². The van der Waals surface area contributed by atoms with Crippen molar-refractivity contribution in [1.29, 1.82) is 0 Å². The molecular weight excluding hydrogens is 276 g/mol. The fourth-order valence-electron chi connectivity index (χ4n) is 6.61. The molecule has 0 N–H and O–H groups in total. The summed E-state index contributed by atoms with van der Waals surface area (Å²) in [5.41, 5.74) is 1.71. The summed E-state index contributed by atoms with van der Waals surface area (Å²) in [4.78, 5) is 0. The van der Waals surface area contributed by atoms with Crippen LogP contribution < -0.4 is 0 Å². The molecular formula is C23H28. The van der Waals surface area contributed by atoms with Gasteiger partial charge in [0.2, 0.25) is 0 Å². The topological polar surface area (TPSA) is 0 Å². The van der Waals surface area contributed by atoms with Gasteiger partial charge in [-0.25, -0.2) is 0 Å². The van der Waals surface area contributed by atoms with E-state index in [2.05, 4.69) is 54.6 Å². The molecule has 0 nitrogen and oxygen atoms in total. The molecule has 120 valence electrons. The van der Waals surface area contributed by atoms with Gasteiger partial charge in [0.15, 0.2) is 0 Å². The standard InChI is InChI=1S/C23H28/c1-2-8-18(9-3-1)23-15-6-11-22(23)21-13-12-17-7-4-5-10-19(17)20(21)14-16-23/h1-3,6,8-9,14-17,19-22H,4-5,7,10-13H2/t17?,19-,20+,21+,22-,23-/m0/s1. The Morgan fingerprint density at radius 2 is 1.70 bits per heavy atom. The van der Waals surface area contributed by atoms with E-state index in [4.69, 9.17) is 0 Å². The summed E-state index contributed by atoms with van der Waals surface area (Å²) in [6.07, 6.45) is 20.5. The molecule has 0 bridgehead atoms. The average Bonchev–Trinajstić information content (AvgIpc) is 3.08. The third kappa shape index (κ3) is 2.03. The lowest BCUT2D eigenvalue weighted by atomic mass is 9.52. The van der Waals surface area contributed by atoms with E-state index in [1.54, 1.807) is 0 Å². The van der Waals surface area contributed by atoms with E-state index < -0.39 is 0 Å². The number of hydrogen-bond donors (Lipinski definition) is 0. The maximum absolute atomic E-state index is 2.66. The summed E-state index contributed by atoms with van der Waals surface area (Å²) in [6, 6.07) is 11.3. The highest BCUT2D eigenvalue weighted by Crippen LogP contribution is 2.58. The summed E-state index contributed by atoms with van der Waals surface area (Å²) in [5, 5.41) is 0. The molecule has 2 saturated carbocycles. The van der Waals surface area contributed by atoms with Crippen LogP contribution in [0.1, 0.15) is 50.5 Å². The van der Waals surface area contributed by atoms with Crippen molar-refractivity contribution < 1.29 is 0 Å². The number of allylic oxidation sites excluding steroid dienone is 4. The zero-order valence-electron chi connectivity index (χ0n) is 14.0. The lowest BCUT2D eigenvalue weighted by Gasteiger charge is -2.52. The molecule has 0 heterocycles. The second kappa shape index (κ2) is 5.36. The van der Waals surface area contributed by atoms with E-state index in [9.17, 15) is 0 Å². The molecule has 1 unspecified atom stereocenters. The SMILES string of the molecule is C1=C[C@@]2(c3ccccc3)C=C[C@H]3[C@@H](CCC4CCCC[C@@H]43)[C@@H]2C1. The fraction of sp³-hybridized carbons (Fsp3) is 0.565. The molecule has 4 aliphatic rings. The Hall–Kier alpha value is -1.30. The van der Waals surface area contributed by atoms with Crippen LogP contribution in [0.3, 0.4) is 0 Å². The molecule has 0 saturated heterocycles. The highest BCUT2D eigenvalue weighted by Gasteiger charge is 2.51. The lowest BCUT2D eigenvalue weighted by molar-refractivity contribution is 0.0353. The second-order valence-electron chi connectivity index (χ2n) is 8.43. The van der Waals surface area contributed by atoms with Crippen LogP contribution in [0, 0.1) is 29.6 Å². The van der Waals surface area contributed by atoms with Gasteiger partial charge in [-0.3, -0.25) is 0 Å². The van der Waals surface area contributed by atoms with Crippen molar-refractivity contribution in [2.75, 3.05) is 0 Å². The smallest absolute Gasteiger partial charge is 0.0346 e. The Balaban J connectivity index is 1.55. The zero-order valence-corrected chi connectivity index (χ0v) is 14.0. The maximum Gasteiger partial charge on any atom is 0.0346 e. The number of fused-ring (bicyclic) bond motifs is 5. The van der Waals surface area contributed by atoms with Crippen molar-refractivity contribution in [2.45, 2.75) is 50.4 Å². The van der Waals surface area contributed by atoms with Gasteiger partial charge < -0.3 is 0 Å². The van der Waals surface area contributed by atoms with Gasteiger partial charge in [0.05, 0.1) is 0 Å². The summed E-state index contributed by atoms with van der Waals surface area (Å²) in [5.74, 6) is 4.62. The molecule has 2 fully saturated rings. The Kier molecular flexibility index (Phi) is 3.28. The Labute approximate surface area is 140 Å². The number of hydrogen-bond acceptors (Lipinski definition) is 0. The van der Waals surface area contributed by atoms with Crippen LogP contribution in [0.4, 0.5) is 0 Å². The quantitative estimate of drug-likeness (QED) is 0.566. The van der Waals surface area contributed by atoms with Crippen molar-refractivity contribution in [2.24, 2.45) is 29.6 Å². The zero-order chi connectivity index (χ0) is 15.3. The Bertz CT molecular complexity index is 625. The monoisotopic (exact) mass is 304 g/mol.